The van der Waals surface area contributed by atoms with Gasteiger partial charge in [0.05, 0.1) is 5.41 Å². The Morgan fingerprint density at radius 1 is 1.33 bits per heavy atom. The van der Waals surface area contributed by atoms with Crippen LogP contribution in [0.2, 0.25) is 0 Å². The summed E-state index contributed by atoms with van der Waals surface area (Å²) in [6, 6.07) is 5.53. The highest BCUT2D eigenvalue weighted by atomic mass is 79.9. The van der Waals surface area contributed by atoms with Gasteiger partial charge in [-0.1, -0.05) is 15.9 Å². The maximum Gasteiger partial charge on any atom is 0.309 e. The van der Waals surface area contributed by atoms with E-state index < -0.39 is 11.4 Å². The average Bonchev–Trinajstić information content (AvgIpc) is 2.13. The van der Waals surface area contributed by atoms with Crippen molar-refractivity contribution in [3.63, 3.8) is 0 Å². The SMILES string of the molecule is Cc1cc(Br)cc(NC(=O)CC(C)(C)C(=O)O)c1. The lowest BCUT2D eigenvalue weighted by atomic mass is 9.89. The van der Waals surface area contributed by atoms with E-state index in [1.807, 2.05) is 19.1 Å². The minimum absolute atomic E-state index is 0.0616. The lowest BCUT2D eigenvalue weighted by molar-refractivity contribution is -0.148. The molecule has 98 valence electrons. The van der Waals surface area contributed by atoms with Gasteiger partial charge in [0.15, 0.2) is 0 Å². The Bertz CT molecular complexity index is 463. The summed E-state index contributed by atoms with van der Waals surface area (Å²) in [6.45, 7) is 4.98. The van der Waals surface area contributed by atoms with Crippen LogP contribution >= 0.6 is 15.9 Å². The van der Waals surface area contributed by atoms with E-state index in [0.717, 1.165) is 10.0 Å². The molecule has 0 aliphatic heterocycles. The highest BCUT2D eigenvalue weighted by molar-refractivity contribution is 9.10. The number of carboxylic acids is 1. The Kier molecular flexibility index (Phi) is 4.51. The minimum Gasteiger partial charge on any atom is -0.481 e. The van der Waals surface area contributed by atoms with Gasteiger partial charge in [0.2, 0.25) is 5.91 Å². The standard InChI is InChI=1S/C13H16BrNO3/c1-8-4-9(14)6-10(5-8)15-11(16)7-13(2,3)12(17)18/h4-6H,7H2,1-3H3,(H,15,16)(H,17,18). The predicted molar refractivity (Wildman–Crippen MR) is 73.5 cm³/mol. The molecular formula is C13H16BrNO3. The molecule has 0 fully saturated rings. The number of hydrogen-bond acceptors (Lipinski definition) is 2. The Hall–Kier alpha value is -1.36. The number of hydrogen-bond donors (Lipinski definition) is 2. The number of carboxylic acid groups (broad SMARTS) is 1. The van der Waals surface area contributed by atoms with Gasteiger partial charge in [0.1, 0.15) is 0 Å². The molecule has 0 spiro atoms. The largest absolute Gasteiger partial charge is 0.481 e. The molecule has 18 heavy (non-hydrogen) atoms. The van der Waals surface area contributed by atoms with Crippen molar-refractivity contribution in [1.29, 1.82) is 0 Å². The lowest BCUT2D eigenvalue weighted by Gasteiger charge is -2.18. The molecular weight excluding hydrogens is 298 g/mol. The van der Waals surface area contributed by atoms with Crippen LogP contribution in [-0.2, 0) is 9.59 Å². The van der Waals surface area contributed by atoms with Gasteiger partial charge in [0.25, 0.3) is 0 Å². The number of halogens is 1. The molecule has 0 aliphatic carbocycles. The summed E-state index contributed by atoms with van der Waals surface area (Å²) in [5.74, 6) is -1.29. The Morgan fingerprint density at radius 3 is 2.44 bits per heavy atom. The fraction of sp³-hybridized carbons (Fsp3) is 0.385. The van der Waals surface area contributed by atoms with E-state index in [1.165, 1.54) is 13.8 Å². The number of nitrogens with one attached hydrogen (secondary N) is 1. The third-order valence-corrected chi connectivity index (χ3v) is 2.97. The second-order valence-electron chi connectivity index (χ2n) is 4.93. The van der Waals surface area contributed by atoms with Crippen molar-refractivity contribution in [2.75, 3.05) is 5.32 Å². The number of anilines is 1. The number of aryl methyl sites for hydroxylation is 1. The van der Waals surface area contributed by atoms with Gasteiger partial charge in [-0.15, -0.1) is 0 Å². The van der Waals surface area contributed by atoms with Crippen molar-refractivity contribution in [2.45, 2.75) is 27.2 Å². The van der Waals surface area contributed by atoms with E-state index in [4.69, 9.17) is 5.11 Å². The van der Waals surface area contributed by atoms with Gasteiger partial charge in [-0.25, -0.2) is 0 Å². The molecule has 0 saturated heterocycles. The number of aliphatic carboxylic acids is 1. The van der Waals surface area contributed by atoms with Crippen molar-refractivity contribution in [3.8, 4) is 0 Å². The van der Waals surface area contributed by atoms with Crippen LogP contribution < -0.4 is 5.32 Å². The van der Waals surface area contributed by atoms with Crippen molar-refractivity contribution >= 4 is 33.5 Å². The topological polar surface area (TPSA) is 66.4 Å². The highest BCUT2D eigenvalue weighted by Crippen LogP contribution is 2.23. The molecule has 2 N–H and O–H groups in total. The molecule has 1 aromatic rings. The second-order valence-corrected chi connectivity index (χ2v) is 5.85. The van der Waals surface area contributed by atoms with E-state index in [0.29, 0.717) is 5.69 Å². The minimum atomic E-state index is -1.06. The van der Waals surface area contributed by atoms with Gasteiger partial charge in [-0.2, -0.15) is 0 Å². The normalized spacial score (nSPS) is 11.1. The van der Waals surface area contributed by atoms with Crippen molar-refractivity contribution in [1.82, 2.24) is 0 Å². The number of rotatable bonds is 4. The zero-order valence-electron chi connectivity index (χ0n) is 10.6. The summed E-state index contributed by atoms with van der Waals surface area (Å²) in [4.78, 5) is 22.7. The third-order valence-electron chi connectivity index (χ3n) is 2.51. The molecule has 0 aliphatic rings. The van der Waals surface area contributed by atoms with Crippen LogP contribution in [0.3, 0.4) is 0 Å². The first kappa shape index (κ1) is 14.7. The first-order chi connectivity index (χ1) is 8.20. The summed E-state index contributed by atoms with van der Waals surface area (Å²) >= 11 is 3.34. The molecule has 1 rings (SSSR count). The van der Waals surface area contributed by atoms with Crippen LogP contribution in [0.25, 0.3) is 0 Å². The first-order valence-corrected chi connectivity index (χ1v) is 6.30. The van der Waals surface area contributed by atoms with Gasteiger partial charge in [-0.3, -0.25) is 9.59 Å². The van der Waals surface area contributed by atoms with Crippen molar-refractivity contribution < 1.29 is 14.7 Å². The molecule has 0 radical (unpaired) electrons. The monoisotopic (exact) mass is 313 g/mol. The Labute approximate surface area is 115 Å². The predicted octanol–water partition coefficient (Wildman–Crippen LogP) is 3.20. The van der Waals surface area contributed by atoms with Crippen molar-refractivity contribution in [2.24, 2.45) is 5.41 Å². The quantitative estimate of drug-likeness (QED) is 0.897. The first-order valence-electron chi connectivity index (χ1n) is 5.51. The summed E-state index contributed by atoms with van der Waals surface area (Å²) in [7, 11) is 0. The number of carbonyl (C=O) groups excluding carboxylic acids is 1. The van der Waals surface area contributed by atoms with Crippen molar-refractivity contribution in [3.05, 3.63) is 28.2 Å². The van der Waals surface area contributed by atoms with E-state index in [2.05, 4.69) is 21.2 Å². The van der Waals surface area contributed by atoms with Crippen LogP contribution in [0.5, 0.6) is 0 Å². The zero-order chi connectivity index (χ0) is 13.9. The summed E-state index contributed by atoms with van der Waals surface area (Å²) in [5.41, 5.74) is 0.607. The fourth-order valence-electron chi connectivity index (χ4n) is 1.49. The van der Waals surface area contributed by atoms with Gasteiger partial charge in [0, 0.05) is 16.6 Å². The number of carbonyl (C=O) groups is 2. The molecule has 0 saturated carbocycles. The molecule has 0 unspecified atom stereocenters. The van der Waals surface area contributed by atoms with E-state index in [1.54, 1.807) is 6.07 Å². The average molecular weight is 314 g/mol. The van der Waals surface area contributed by atoms with Crippen LogP contribution in [-0.4, -0.2) is 17.0 Å². The number of amides is 1. The van der Waals surface area contributed by atoms with Crippen LogP contribution in [0, 0.1) is 12.3 Å². The molecule has 0 aromatic heterocycles. The lowest BCUT2D eigenvalue weighted by Crippen LogP contribution is -2.29. The van der Waals surface area contributed by atoms with E-state index >= 15 is 0 Å². The van der Waals surface area contributed by atoms with Crippen LogP contribution in [0.15, 0.2) is 22.7 Å². The molecule has 1 aromatic carbocycles. The molecule has 1 amide bonds. The van der Waals surface area contributed by atoms with Crippen LogP contribution in [0.1, 0.15) is 25.8 Å². The summed E-state index contributed by atoms with van der Waals surface area (Å²) in [5, 5.41) is 11.7. The molecule has 0 atom stereocenters. The smallest absolute Gasteiger partial charge is 0.309 e. The number of benzene rings is 1. The zero-order valence-corrected chi connectivity index (χ0v) is 12.2. The third kappa shape index (κ3) is 4.14. The van der Waals surface area contributed by atoms with Crippen LogP contribution in [0.4, 0.5) is 5.69 Å². The second kappa shape index (κ2) is 5.52. The molecule has 5 heteroatoms. The molecule has 0 heterocycles. The van der Waals surface area contributed by atoms with Gasteiger partial charge < -0.3 is 10.4 Å². The Morgan fingerprint density at radius 2 is 1.94 bits per heavy atom. The molecule has 4 nitrogen and oxygen atoms in total. The van der Waals surface area contributed by atoms with E-state index in [9.17, 15) is 9.59 Å². The summed E-state index contributed by atoms with van der Waals surface area (Å²) < 4.78 is 0.871. The van der Waals surface area contributed by atoms with Gasteiger partial charge >= 0.3 is 5.97 Å². The maximum absolute atomic E-state index is 11.8. The fourth-order valence-corrected chi connectivity index (χ4v) is 2.10. The highest BCUT2D eigenvalue weighted by Gasteiger charge is 2.30. The molecule has 0 bridgehead atoms. The van der Waals surface area contributed by atoms with Gasteiger partial charge in [-0.05, 0) is 44.5 Å². The van der Waals surface area contributed by atoms with E-state index in [-0.39, 0.29) is 12.3 Å². The Balaban J connectivity index is 2.73. The maximum atomic E-state index is 11.8. The summed E-state index contributed by atoms with van der Waals surface area (Å²) in [6.07, 6.45) is -0.0616.